The zero-order valence-electron chi connectivity index (χ0n) is 12.0. The Balaban J connectivity index is 2.53. The van der Waals surface area contributed by atoms with Crippen molar-refractivity contribution in [3.63, 3.8) is 0 Å². The van der Waals surface area contributed by atoms with Crippen molar-refractivity contribution in [1.82, 2.24) is 15.5 Å². The first-order valence-corrected chi connectivity index (χ1v) is 6.86. The molecule has 0 aromatic carbocycles. The Bertz CT molecular complexity index is 325. The van der Waals surface area contributed by atoms with Gasteiger partial charge >= 0.3 is 5.97 Å². The van der Waals surface area contributed by atoms with E-state index < -0.39 is 17.4 Å². The van der Waals surface area contributed by atoms with E-state index in [9.17, 15) is 9.59 Å². The van der Waals surface area contributed by atoms with Gasteiger partial charge in [-0.15, -0.1) is 0 Å². The lowest BCUT2D eigenvalue weighted by Gasteiger charge is -2.39. The van der Waals surface area contributed by atoms with E-state index in [1.165, 1.54) is 0 Å². The number of amides is 1. The van der Waals surface area contributed by atoms with Crippen LogP contribution in [0.25, 0.3) is 0 Å². The molecule has 0 aromatic rings. The zero-order valence-corrected chi connectivity index (χ0v) is 12.0. The number of carbonyl (C=O) groups excluding carboxylic acids is 1. The van der Waals surface area contributed by atoms with Crippen LogP contribution < -0.4 is 10.6 Å². The van der Waals surface area contributed by atoms with Crippen LogP contribution in [0.2, 0.25) is 0 Å². The van der Waals surface area contributed by atoms with Gasteiger partial charge in [0, 0.05) is 32.7 Å². The van der Waals surface area contributed by atoms with Gasteiger partial charge in [-0.05, 0) is 20.3 Å². The van der Waals surface area contributed by atoms with Crippen LogP contribution in [0, 0.1) is 5.92 Å². The maximum absolute atomic E-state index is 12.2. The summed E-state index contributed by atoms with van der Waals surface area (Å²) in [6, 6.07) is 0. The molecular weight excluding hydrogens is 246 g/mol. The van der Waals surface area contributed by atoms with Gasteiger partial charge in [0.05, 0.1) is 11.5 Å². The van der Waals surface area contributed by atoms with Crippen molar-refractivity contribution in [2.75, 3.05) is 32.7 Å². The SMILES string of the molecule is CCC(CNC(=O)C(C)(C)N1CCNCC1)C(=O)O. The summed E-state index contributed by atoms with van der Waals surface area (Å²) in [5, 5.41) is 15.0. The van der Waals surface area contributed by atoms with E-state index in [1.807, 2.05) is 20.8 Å². The number of aliphatic carboxylic acids is 1. The first-order chi connectivity index (χ1) is 8.89. The number of hydrogen-bond acceptors (Lipinski definition) is 4. The maximum atomic E-state index is 12.2. The fraction of sp³-hybridized carbons (Fsp3) is 0.846. The maximum Gasteiger partial charge on any atom is 0.308 e. The first-order valence-electron chi connectivity index (χ1n) is 6.86. The van der Waals surface area contributed by atoms with E-state index in [-0.39, 0.29) is 12.5 Å². The number of piperazine rings is 1. The predicted octanol–water partition coefficient (Wildman–Crippen LogP) is -0.103. The Hall–Kier alpha value is -1.14. The highest BCUT2D eigenvalue weighted by molar-refractivity contribution is 5.85. The molecular formula is C13H25N3O3. The van der Waals surface area contributed by atoms with Crippen molar-refractivity contribution in [1.29, 1.82) is 0 Å². The fourth-order valence-electron chi connectivity index (χ4n) is 2.21. The highest BCUT2D eigenvalue weighted by Crippen LogP contribution is 2.15. The molecule has 0 aliphatic carbocycles. The van der Waals surface area contributed by atoms with Crippen molar-refractivity contribution in [2.45, 2.75) is 32.7 Å². The minimum Gasteiger partial charge on any atom is -0.481 e. The number of carboxylic acids is 1. The standard InChI is InChI=1S/C13H25N3O3/c1-4-10(11(17)18)9-15-12(19)13(2,3)16-7-5-14-6-8-16/h10,14H,4-9H2,1-3H3,(H,15,19)(H,17,18). The highest BCUT2D eigenvalue weighted by Gasteiger charge is 2.35. The normalized spacial score (nSPS) is 18.9. The van der Waals surface area contributed by atoms with Crippen molar-refractivity contribution in [3.05, 3.63) is 0 Å². The minimum absolute atomic E-state index is 0.103. The van der Waals surface area contributed by atoms with Crippen LogP contribution in [0.15, 0.2) is 0 Å². The Labute approximate surface area is 114 Å². The molecule has 3 N–H and O–H groups in total. The molecule has 0 spiro atoms. The second-order valence-electron chi connectivity index (χ2n) is 5.45. The van der Waals surface area contributed by atoms with Gasteiger partial charge in [-0.25, -0.2) is 0 Å². The number of hydrogen-bond donors (Lipinski definition) is 3. The number of nitrogens with zero attached hydrogens (tertiary/aromatic N) is 1. The summed E-state index contributed by atoms with van der Waals surface area (Å²) in [5.74, 6) is -1.47. The molecule has 6 nitrogen and oxygen atoms in total. The third kappa shape index (κ3) is 4.18. The molecule has 1 rings (SSSR count). The van der Waals surface area contributed by atoms with Gasteiger partial charge in [-0.3, -0.25) is 14.5 Å². The van der Waals surface area contributed by atoms with Crippen LogP contribution >= 0.6 is 0 Å². The Morgan fingerprint density at radius 1 is 1.37 bits per heavy atom. The molecule has 1 amide bonds. The number of rotatable bonds is 6. The van der Waals surface area contributed by atoms with Gasteiger partial charge in [0.25, 0.3) is 0 Å². The van der Waals surface area contributed by atoms with Gasteiger partial charge < -0.3 is 15.7 Å². The van der Waals surface area contributed by atoms with Gasteiger partial charge in [0.2, 0.25) is 5.91 Å². The molecule has 1 fully saturated rings. The van der Waals surface area contributed by atoms with Crippen molar-refractivity contribution >= 4 is 11.9 Å². The van der Waals surface area contributed by atoms with Crippen LogP contribution in [-0.2, 0) is 9.59 Å². The van der Waals surface area contributed by atoms with Crippen LogP contribution in [-0.4, -0.2) is 60.1 Å². The molecule has 1 heterocycles. The van der Waals surface area contributed by atoms with E-state index in [0.717, 1.165) is 26.2 Å². The molecule has 1 atom stereocenters. The van der Waals surface area contributed by atoms with Gasteiger partial charge in [-0.2, -0.15) is 0 Å². The minimum atomic E-state index is -0.859. The van der Waals surface area contributed by atoms with E-state index in [1.54, 1.807) is 0 Å². The third-order valence-corrected chi connectivity index (χ3v) is 3.81. The largest absolute Gasteiger partial charge is 0.481 e. The fourth-order valence-corrected chi connectivity index (χ4v) is 2.21. The van der Waals surface area contributed by atoms with E-state index in [4.69, 9.17) is 5.11 Å². The average Bonchev–Trinajstić information content (AvgIpc) is 2.39. The lowest BCUT2D eigenvalue weighted by Crippen LogP contribution is -2.60. The summed E-state index contributed by atoms with van der Waals surface area (Å²) in [7, 11) is 0. The molecule has 110 valence electrons. The van der Waals surface area contributed by atoms with Crippen LogP contribution in [0.4, 0.5) is 0 Å². The molecule has 19 heavy (non-hydrogen) atoms. The van der Waals surface area contributed by atoms with E-state index in [0.29, 0.717) is 6.42 Å². The number of carbonyl (C=O) groups is 2. The highest BCUT2D eigenvalue weighted by atomic mass is 16.4. The van der Waals surface area contributed by atoms with Crippen molar-refractivity contribution in [2.24, 2.45) is 5.92 Å². The Morgan fingerprint density at radius 2 is 1.95 bits per heavy atom. The lowest BCUT2D eigenvalue weighted by atomic mass is 9.99. The van der Waals surface area contributed by atoms with Crippen molar-refractivity contribution < 1.29 is 14.7 Å². The third-order valence-electron chi connectivity index (χ3n) is 3.81. The summed E-state index contributed by atoms with van der Waals surface area (Å²) in [4.78, 5) is 25.3. The monoisotopic (exact) mass is 271 g/mol. The molecule has 0 saturated carbocycles. The molecule has 1 saturated heterocycles. The molecule has 6 heteroatoms. The Morgan fingerprint density at radius 3 is 2.42 bits per heavy atom. The Kier molecular flexibility index (Phi) is 5.75. The van der Waals surface area contributed by atoms with Gasteiger partial charge in [0.1, 0.15) is 0 Å². The second-order valence-corrected chi connectivity index (χ2v) is 5.45. The zero-order chi connectivity index (χ0) is 14.5. The van der Waals surface area contributed by atoms with Gasteiger partial charge in [-0.1, -0.05) is 6.92 Å². The topological polar surface area (TPSA) is 81.7 Å². The van der Waals surface area contributed by atoms with E-state index >= 15 is 0 Å². The quantitative estimate of drug-likeness (QED) is 0.628. The van der Waals surface area contributed by atoms with Crippen molar-refractivity contribution in [3.8, 4) is 0 Å². The summed E-state index contributed by atoms with van der Waals surface area (Å²) in [5.41, 5.74) is -0.598. The molecule has 1 aliphatic rings. The first kappa shape index (κ1) is 15.9. The molecule has 0 aromatic heterocycles. The summed E-state index contributed by atoms with van der Waals surface area (Å²) in [6.45, 7) is 9.19. The van der Waals surface area contributed by atoms with Crippen LogP contribution in [0.3, 0.4) is 0 Å². The molecule has 0 bridgehead atoms. The molecule has 1 unspecified atom stereocenters. The second kappa shape index (κ2) is 6.86. The smallest absolute Gasteiger partial charge is 0.308 e. The van der Waals surface area contributed by atoms with Gasteiger partial charge in [0.15, 0.2) is 0 Å². The van der Waals surface area contributed by atoms with Crippen LogP contribution in [0.5, 0.6) is 0 Å². The summed E-state index contributed by atoms with van der Waals surface area (Å²) < 4.78 is 0. The summed E-state index contributed by atoms with van der Waals surface area (Å²) in [6.07, 6.45) is 0.518. The predicted molar refractivity (Wildman–Crippen MR) is 72.9 cm³/mol. The lowest BCUT2D eigenvalue weighted by molar-refractivity contribution is -0.142. The van der Waals surface area contributed by atoms with E-state index in [2.05, 4.69) is 15.5 Å². The van der Waals surface area contributed by atoms with Crippen LogP contribution in [0.1, 0.15) is 27.2 Å². The molecule has 0 radical (unpaired) electrons. The summed E-state index contributed by atoms with van der Waals surface area (Å²) >= 11 is 0. The number of carboxylic acid groups (broad SMARTS) is 1. The number of nitrogens with one attached hydrogen (secondary N) is 2. The average molecular weight is 271 g/mol. The molecule has 1 aliphatic heterocycles.